The van der Waals surface area contributed by atoms with Gasteiger partial charge >= 0.3 is 0 Å². The Bertz CT molecular complexity index is 1110. The molecule has 2 aromatic heterocycles. The smallest absolute Gasteiger partial charge is 0.234 e. The van der Waals surface area contributed by atoms with Crippen LogP contribution in [0.5, 0.6) is 0 Å². The number of nitrogens with zero attached hydrogens (tertiary/aromatic N) is 5. The van der Waals surface area contributed by atoms with E-state index in [2.05, 4.69) is 26.6 Å². The highest BCUT2D eigenvalue weighted by molar-refractivity contribution is 8.00. The normalized spacial score (nSPS) is 16.2. The molecule has 1 aromatic carbocycles. The van der Waals surface area contributed by atoms with Crippen molar-refractivity contribution in [3.63, 3.8) is 0 Å². The largest absolute Gasteiger partial charge is 0.337 e. The van der Waals surface area contributed by atoms with E-state index < -0.39 is 10.8 Å². The van der Waals surface area contributed by atoms with Crippen molar-refractivity contribution < 1.29 is 4.79 Å². The summed E-state index contributed by atoms with van der Waals surface area (Å²) in [6.45, 7) is 3.88. The van der Waals surface area contributed by atoms with Crippen molar-refractivity contribution in [2.45, 2.75) is 61.9 Å². The minimum absolute atomic E-state index is 0.151. The number of carbonyl (C=O) groups is 1. The predicted octanol–water partition coefficient (Wildman–Crippen LogP) is 4.46. The van der Waals surface area contributed by atoms with Crippen molar-refractivity contribution >= 4 is 17.7 Å². The number of hydrogen-bond donors (Lipinski definition) is 1. The van der Waals surface area contributed by atoms with Crippen molar-refractivity contribution in [3.8, 4) is 23.1 Å². The number of amides is 1. The number of pyridine rings is 1. The van der Waals surface area contributed by atoms with Crippen LogP contribution in [0.1, 0.15) is 44.6 Å². The number of aryl methyl sites for hydroxylation is 1. The number of rotatable bonds is 6. The molecule has 1 unspecified atom stereocenters. The molecule has 1 aliphatic rings. The quantitative estimate of drug-likeness (QED) is 0.562. The van der Waals surface area contributed by atoms with Gasteiger partial charge in [-0.1, -0.05) is 48.7 Å². The van der Waals surface area contributed by atoms with Gasteiger partial charge < -0.3 is 5.32 Å². The Morgan fingerprint density at radius 3 is 2.47 bits per heavy atom. The zero-order valence-corrected chi connectivity index (χ0v) is 19.1. The van der Waals surface area contributed by atoms with Crippen molar-refractivity contribution in [1.29, 1.82) is 5.26 Å². The molecule has 1 amide bonds. The lowest BCUT2D eigenvalue weighted by Gasteiger charge is -2.32. The molecular weight excluding hydrogens is 420 g/mol. The van der Waals surface area contributed by atoms with Crippen molar-refractivity contribution in [2.24, 2.45) is 0 Å². The highest BCUT2D eigenvalue weighted by Gasteiger charge is 2.35. The first-order valence-electron chi connectivity index (χ1n) is 10.8. The summed E-state index contributed by atoms with van der Waals surface area (Å²) in [7, 11) is 0. The van der Waals surface area contributed by atoms with Gasteiger partial charge in [0.2, 0.25) is 5.91 Å². The molecule has 1 atom stereocenters. The number of thioether (sulfide) groups is 1. The first-order chi connectivity index (χ1) is 15.5. The summed E-state index contributed by atoms with van der Waals surface area (Å²) in [4.78, 5) is 17.1. The highest BCUT2D eigenvalue weighted by atomic mass is 32.2. The third kappa shape index (κ3) is 4.68. The SMILES string of the molecule is Cc1ccc(-n2c(SC(C)C(=O)NC3(C#N)CCCCC3)nnc2-c2ccncc2)cc1. The summed E-state index contributed by atoms with van der Waals surface area (Å²) in [6, 6.07) is 14.2. The number of carbonyl (C=O) groups excluding carboxylic acids is 1. The maximum Gasteiger partial charge on any atom is 0.234 e. The highest BCUT2D eigenvalue weighted by Crippen LogP contribution is 2.32. The van der Waals surface area contributed by atoms with E-state index in [0.29, 0.717) is 23.8 Å². The number of nitriles is 1. The maximum atomic E-state index is 13.0. The van der Waals surface area contributed by atoms with Gasteiger partial charge in [0, 0.05) is 23.6 Å². The lowest BCUT2D eigenvalue weighted by molar-refractivity contribution is -0.121. The standard InChI is InChI=1S/C24H26N6OS/c1-17-6-8-20(9-7-17)30-21(19-10-14-26-15-11-19)28-29-23(30)32-18(2)22(31)27-24(16-25)12-4-3-5-13-24/h6-11,14-15,18H,3-5,12-13H2,1-2H3,(H,27,31). The van der Waals surface area contributed by atoms with E-state index in [1.54, 1.807) is 12.4 Å². The lowest BCUT2D eigenvalue weighted by atomic mass is 9.83. The number of benzene rings is 1. The average Bonchev–Trinajstić information content (AvgIpc) is 3.24. The third-order valence-corrected chi connectivity index (χ3v) is 6.84. The van der Waals surface area contributed by atoms with Crippen LogP contribution in [0.25, 0.3) is 17.1 Å². The monoisotopic (exact) mass is 446 g/mol. The minimum atomic E-state index is -0.753. The van der Waals surface area contributed by atoms with Crippen LogP contribution in [0, 0.1) is 18.3 Å². The van der Waals surface area contributed by atoms with Crippen LogP contribution >= 0.6 is 11.8 Å². The molecule has 0 spiro atoms. The predicted molar refractivity (Wildman–Crippen MR) is 124 cm³/mol. The molecule has 1 aliphatic carbocycles. The Balaban J connectivity index is 1.62. The first kappa shape index (κ1) is 22.0. The van der Waals surface area contributed by atoms with Crippen molar-refractivity contribution in [3.05, 3.63) is 54.4 Å². The van der Waals surface area contributed by atoms with E-state index >= 15 is 0 Å². The van der Waals surface area contributed by atoms with Crippen LogP contribution in [-0.4, -0.2) is 36.4 Å². The fourth-order valence-corrected chi connectivity index (χ4v) is 4.80. The van der Waals surface area contributed by atoms with E-state index in [9.17, 15) is 10.1 Å². The molecule has 0 bridgehead atoms. The Morgan fingerprint density at radius 1 is 1.12 bits per heavy atom. The molecule has 164 valence electrons. The summed E-state index contributed by atoms with van der Waals surface area (Å²) in [6.07, 6.45) is 7.90. The third-order valence-electron chi connectivity index (χ3n) is 5.80. The molecule has 0 saturated heterocycles. The van der Waals surface area contributed by atoms with Crippen LogP contribution in [0.3, 0.4) is 0 Å². The first-order valence-corrected chi connectivity index (χ1v) is 11.7. The molecule has 1 N–H and O–H groups in total. The summed E-state index contributed by atoms with van der Waals surface area (Å²) in [5, 5.41) is 21.7. The van der Waals surface area contributed by atoms with E-state index in [-0.39, 0.29) is 5.91 Å². The van der Waals surface area contributed by atoms with Gasteiger partial charge in [-0.05, 0) is 51.0 Å². The van der Waals surface area contributed by atoms with E-state index in [1.807, 2.05) is 54.8 Å². The molecule has 1 saturated carbocycles. The van der Waals surface area contributed by atoms with Gasteiger partial charge in [0.25, 0.3) is 0 Å². The van der Waals surface area contributed by atoms with Crippen LogP contribution in [0.4, 0.5) is 0 Å². The number of nitrogens with one attached hydrogen (secondary N) is 1. The molecule has 3 aromatic rings. The molecule has 4 rings (SSSR count). The second-order valence-electron chi connectivity index (χ2n) is 8.22. The van der Waals surface area contributed by atoms with Crippen molar-refractivity contribution in [1.82, 2.24) is 25.1 Å². The van der Waals surface area contributed by atoms with Crippen LogP contribution in [0.2, 0.25) is 0 Å². The molecule has 2 heterocycles. The Hall–Kier alpha value is -3.18. The summed E-state index contributed by atoms with van der Waals surface area (Å²) >= 11 is 1.34. The Morgan fingerprint density at radius 2 is 1.81 bits per heavy atom. The molecule has 1 fully saturated rings. The van der Waals surface area contributed by atoms with Gasteiger partial charge in [0.05, 0.1) is 11.3 Å². The van der Waals surface area contributed by atoms with Crippen LogP contribution < -0.4 is 5.32 Å². The number of aromatic nitrogens is 4. The van der Waals surface area contributed by atoms with Gasteiger partial charge in [0.1, 0.15) is 5.54 Å². The van der Waals surface area contributed by atoms with E-state index in [1.165, 1.54) is 11.8 Å². The minimum Gasteiger partial charge on any atom is -0.337 e. The van der Waals surface area contributed by atoms with Gasteiger partial charge in [-0.15, -0.1) is 10.2 Å². The summed E-state index contributed by atoms with van der Waals surface area (Å²) < 4.78 is 1.96. The fourth-order valence-electron chi connectivity index (χ4n) is 3.93. The zero-order valence-electron chi connectivity index (χ0n) is 18.3. The lowest BCUT2D eigenvalue weighted by Crippen LogP contribution is -2.50. The van der Waals surface area contributed by atoms with Gasteiger partial charge in [-0.25, -0.2) is 0 Å². The van der Waals surface area contributed by atoms with Gasteiger partial charge in [0.15, 0.2) is 11.0 Å². The van der Waals surface area contributed by atoms with Gasteiger partial charge in [-0.3, -0.25) is 14.3 Å². The topological polar surface area (TPSA) is 96.5 Å². The van der Waals surface area contributed by atoms with Crippen molar-refractivity contribution in [2.75, 3.05) is 0 Å². The van der Waals surface area contributed by atoms with Crippen LogP contribution in [-0.2, 0) is 4.79 Å². The van der Waals surface area contributed by atoms with Gasteiger partial charge in [-0.2, -0.15) is 5.26 Å². The average molecular weight is 447 g/mol. The van der Waals surface area contributed by atoms with Crippen LogP contribution in [0.15, 0.2) is 53.9 Å². The molecular formula is C24H26N6OS. The second-order valence-corrected chi connectivity index (χ2v) is 9.52. The molecule has 7 nitrogen and oxygen atoms in total. The molecule has 0 aliphatic heterocycles. The Kier molecular flexibility index (Phi) is 6.56. The zero-order chi connectivity index (χ0) is 22.6. The summed E-state index contributed by atoms with van der Waals surface area (Å²) in [5.41, 5.74) is 2.21. The Labute approximate surface area is 192 Å². The fraction of sp³-hybridized carbons (Fsp3) is 0.375. The maximum absolute atomic E-state index is 13.0. The van der Waals surface area contributed by atoms with E-state index in [0.717, 1.165) is 36.1 Å². The number of hydrogen-bond acceptors (Lipinski definition) is 6. The molecule has 8 heteroatoms. The molecule has 0 radical (unpaired) electrons. The second kappa shape index (κ2) is 9.53. The van der Waals surface area contributed by atoms with E-state index in [4.69, 9.17) is 0 Å². The summed E-state index contributed by atoms with van der Waals surface area (Å²) in [5.74, 6) is 0.537. The molecule has 32 heavy (non-hydrogen) atoms.